The monoisotopic (exact) mass is 387 g/mol. The molecule has 0 aliphatic heterocycles. The summed E-state index contributed by atoms with van der Waals surface area (Å²) in [6.45, 7) is 5.64. The number of amides is 1. The Morgan fingerprint density at radius 1 is 1.10 bits per heavy atom. The molecule has 5 nitrogen and oxygen atoms in total. The summed E-state index contributed by atoms with van der Waals surface area (Å²) in [4.78, 5) is 16.9. The van der Waals surface area contributed by atoms with Gasteiger partial charge in [0.1, 0.15) is 5.82 Å². The number of rotatable bonds is 7. The normalized spacial score (nSPS) is 11.1. The second kappa shape index (κ2) is 8.35. The van der Waals surface area contributed by atoms with Crippen molar-refractivity contribution in [2.24, 2.45) is 0 Å². The number of para-hydroxylation sites is 2. The summed E-state index contributed by atoms with van der Waals surface area (Å²) in [6.07, 6.45) is 3.10. The van der Waals surface area contributed by atoms with Crippen molar-refractivity contribution >= 4 is 16.9 Å². The predicted octanol–water partition coefficient (Wildman–Crippen LogP) is 4.66. The van der Waals surface area contributed by atoms with E-state index < -0.39 is 0 Å². The van der Waals surface area contributed by atoms with Crippen molar-refractivity contribution < 1.29 is 9.21 Å². The Kier molecular flexibility index (Phi) is 5.47. The molecule has 0 unspecified atom stereocenters. The smallest absolute Gasteiger partial charge is 0.286 e. The quantitative estimate of drug-likeness (QED) is 0.469. The molecule has 1 N–H and O–H groups in total. The van der Waals surface area contributed by atoms with Gasteiger partial charge in [-0.2, -0.15) is 0 Å². The molecule has 0 aliphatic carbocycles. The van der Waals surface area contributed by atoms with Gasteiger partial charge in [0.05, 0.1) is 17.3 Å². The van der Waals surface area contributed by atoms with Crippen molar-refractivity contribution in [3.8, 4) is 0 Å². The minimum Gasteiger partial charge on any atom is -0.459 e. The number of carbonyl (C=O) groups excluding carboxylic acids is 1. The predicted molar refractivity (Wildman–Crippen MR) is 114 cm³/mol. The van der Waals surface area contributed by atoms with E-state index in [0.29, 0.717) is 12.3 Å². The van der Waals surface area contributed by atoms with Gasteiger partial charge in [0.2, 0.25) is 0 Å². The molecule has 2 heterocycles. The lowest BCUT2D eigenvalue weighted by Crippen LogP contribution is -2.24. The molecule has 0 saturated carbocycles. The zero-order valence-corrected chi connectivity index (χ0v) is 16.8. The molecule has 0 saturated heterocycles. The van der Waals surface area contributed by atoms with Gasteiger partial charge in [-0.05, 0) is 55.7 Å². The van der Waals surface area contributed by atoms with Crippen LogP contribution >= 0.6 is 0 Å². The Bertz CT molecular complexity index is 1130. The van der Waals surface area contributed by atoms with Gasteiger partial charge in [0.25, 0.3) is 5.91 Å². The molecule has 0 radical (unpaired) electrons. The fourth-order valence-electron chi connectivity index (χ4n) is 3.58. The number of fused-ring (bicyclic) bond motifs is 1. The van der Waals surface area contributed by atoms with E-state index in [1.165, 1.54) is 23.0 Å². The van der Waals surface area contributed by atoms with Crippen LogP contribution in [0.25, 0.3) is 11.0 Å². The van der Waals surface area contributed by atoms with Crippen molar-refractivity contribution in [2.75, 3.05) is 6.54 Å². The Morgan fingerprint density at radius 2 is 1.97 bits per heavy atom. The molecule has 1 amide bonds. The van der Waals surface area contributed by atoms with Crippen LogP contribution in [-0.4, -0.2) is 22.0 Å². The van der Waals surface area contributed by atoms with Crippen LogP contribution in [0.4, 0.5) is 0 Å². The summed E-state index contributed by atoms with van der Waals surface area (Å²) in [5.41, 5.74) is 6.00. The number of hydrogen-bond acceptors (Lipinski definition) is 3. The molecule has 0 atom stereocenters. The van der Waals surface area contributed by atoms with Gasteiger partial charge in [0.15, 0.2) is 5.76 Å². The van der Waals surface area contributed by atoms with Crippen LogP contribution in [0.5, 0.6) is 0 Å². The number of furan rings is 1. The van der Waals surface area contributed by atoms with Crippen LogP contribution in [0, 0.1) is 13.8 Å². The molecule has 0 fully saturated rings. The van der Waals surface area contributed by atoms with E-state index >= 15 is 0 Å². The molecule has 2 aromatic heterocycles. The van der Waals surface area contributed by atoms with E-state index in [1.54, 1.807) is 12.1 Å². The lowest BCUT2D eigenvalue weighted by Gasteiger charge is -2.12. The van der Waals surface area contributed by atoms with E-state index in [1.807, 2.05) is 6.07 Å². The number of aryl methyl sites for hydroxylation is 3. The summed E-state index contributed by atoms with van der Waals surface area (Å²) in [7, 11) is 0. The zero-order chi connectivity index (χ0) is 20.2. The largest absolute Gasteiger partial charge is 0.459 e. The molecule has 29 heavy (non-hydrogen) atoms. The zero-order valence-electron chi connectivity index (χ0n) is 16.8. The highest BCUT2D eigenvalue weighted by molar-refractivity contribution is 5.91. The lowest BCUT2D eigenvalue weighted by molar-refractivity contribution is 0.0925. The number of imidazole rings is 1. The summed E-state index contributed by atoms with van der Waals surface area (Å²) in [5, 5.41) is 2.91. The first-order chi connectivity index (χ1) is 14.1. The highest BCUT2D eigenvalue weighted by Crippen LogP contribution is 2.21. The fraction of sp³-hybridized carbons (Fsp3) is 0.250. The van der Waals surface area contributed by atoms with Crippen LogP contribution in [0.2, 0.25) is 0 Å². The van der Waals surface area contributed by atoms with Gasteiger partial charge < -0.3 is 14.3 Å². The maximum Gasteiger partial charge on any atom is 0.286 e. The molecule has 5 heteroatoms. The van der Waals surface area contributed by atoms with E-state index in [4.69, 9.17) is 9.40 Å². The van der Waals surface area contributed by atoms with Gasteiger partial charge in [0, 0.05) is 19.5 Å². The molecular weight excluding hydrogens is 362 g/mol. The van der Waals surface area contributed by atoms with Gasteiger partial charge in [-0.25, -0.2) is 4.98 Å². The maximum atomic E-state index is 12.0. The van der Waals surface area contributed by atoms with Crippen LogP contribution in [0.3, 0.4) is 0 Å². The molecular formula is C24H25N3O2. The van der Waals surface area contributed by atoms with Crippen molar-refractivity contribution in [3.63, 3.8) is 0 Å². The number of aromatic nitrogens is 2. The Labute approximate surface area is 170 Å². The highest BCUT2D eigenvalue weighted by atomic mass is 16.3. The molecule has 2 aromatic carbocycles. The summed E-state index contributed by atoms with van der Waals surface area (Å²) in [5.74, 6) is 1.20. The van der Waals surface area contributed by atoms with Crippen LogP contribution in [-0.2, 0) is 13.0 Å². The van der Waals surface area contributed by atoms with Crippen molar-refractivity contribution in [2.45, 2.75) is 33.2 Å². The van der Waals surface area contributed by atoms with Gasteiger partial charge in [-0.15, -0.1) is 0 Å². The standard InChI is InChI=1S/C24H25N3O2/c1-17-11-12-18(2)19(15-17)16-27-21-8-4-3-7-20(21)26-23(27)10-5-13-25-24(28)22-9-6-14-29-22/h3-4,6-9,11-12,14-15H,5,10,13,16H2,1-2H3,(H,25,28). The van der Waals surface area contributed by atoms with Crippen LogP contribution < -0.4 is 5.32 Å². The summed E-state index contributed by atoms with van der Waals surface area (Å²) >= 11 is 0. The average molecular weight is 387 g/mol. The SMILES string of the molecule is Cc1ccc(C)c(Cn2c(CCCNC(=O)c3ccco3)nc3ccccc32)c1. The fourth-order valence-corrected chi connectivity index (χ4v) is 3.58. The minimum atomic E-state index is -0.182. The number of hydrogen-bond donors (Lipinski definition) is 1. The third-order valence-electron chi connectivity index (χ3n) is 5.17. The second-order valence-corrected chi connectivity index (χ2v) is 7.37. The third-order valence-corrected chi connectivity index (χ3v) is 5.17. The average Bonchev–Trinajstić information content (AvgIpc) is 3.37. The van der Waals surface area contributed by atoms with Crippen molar-refractivity contribution in [3.05, 3.63) is 89.1 Å². The molecule has 148 valence electrons. The van der Waals surface area contributed by atoms with Gasteiger partial charge in [-0.1, -0.05) is 35.9 Å². The summed E-state index contributed by atoms with van der Waals surface area (Å²) in [6, 6.07) is 18.2. The molecule has 0 aliphatic rings. The van der Waals surface area contributed by atoms with Gasteiger partial charge in [-0.3, -0.25) is 4.79 Å². The van der Waals surface area contributed by atoms with E-state index in [0.717, 1.165) is 36.2 Å². The van der Waals surface area contributed by atoms with Gasteiger partial charge >= 0.3 is 0 Å². The minimum absolute atomic E-state index is 0.182. The second-order valence-electron chi connectivity index (χ2n) is 7.37. The van der Waals surface area contributed by atoms with E-state index in [-0.39, 0.29) is 5.91 Å². The maximum absolute atomic E-state index is 12.0. The highest BCUT2D eigenvalue weighted by Gasteiger charge is 2.13. The number of carbonyl (C=O) groups is 1. The molecule has 4 aromatic rings. The summed E-state index contributed by atoms with van der Waals surface area (Å²) < 4.78 is 7.43. The Hall–Kier alpha value is -3.34. The van der Waals surface area contributed by atoms with Crippen molar-refractivity contribution in [1.29, 1.82) is 0 Å². The first-order valence-electron chi connectivity index (χ1n) is 9.94. The Morgan fingerprint density at radius 3 is 2.79 bits per heavy atom. The molecule has 0 bridgehead atoms. The van der Waals surface area contributed by atoms with E-state index in [9.17, 15) is 4.79 Å². The van der Waals surface area contributed by atoms with E-state index in [2.05, 4.69) is 60.1 Å². The number of benzene rings is 2. The first-order valence-corrected chi connectivity index (χ1v) is 9.94. The number of nitrogens with zero attached hydrogens (tertiary/aromatic N) is 2. The topological polar surface area (TPSA) is 60.1 Å². The van der Waals surface area contributed by atoms with Crippen LogP contribution in [0.1, 0.15) is 39.5 Å². The number of nitrogens with one attached hydrogen (secondary N) is 1. The third kappa shape index (κ3) is 4.24. The first kappa shape index (κ1) is 19.0. The lowest BCUT2D eigenvalue weighted by atomic mass is 10.1. The van der Waals surface area contributed by atoms with Crippen molar-refractivity contribution in [1.82, 2.24) is 14.9 Å². The van der Waals surface area contributed by atoms with Crippen LogP contribution in [0.15, 0.2) is 65.3 Å². The molecule has 0 spiro atoms. The Balaban J connectivity index is 1.50. The molecule has 4 rings (SSSR count).